The van der Waals surface area contributed by atoms with Gasteiger partial charge in [0.05, 0.1) is 44.4 Å². The number of para-hydroxylation sites is 1. The van der Waals surface area contributed by atoms with Crippen LogP contribution in [0.15, 0.2) is 97.1 Å². The highest BCUT2D eigenvalue weighted by Crippen LogP contribution is 2.24. The SMILES string of the molecule is COc1cccc(CNCC(O)C(Cc2ccccc2OC)NC(=O)c2cc(C(=O)NC(C)c3ccccc3)cc(N(C)S(C)(=O)=O)c2)c1. The zero-order valence-electron chi connectivity index (χ0n) is 28.3. The summed E-state index contributed by atoms with van der Waals surface area (Å²) in [4.78, 5) is 27.4. The molecule has 0 aliphatic carbocycles. The lowest BCUT2D eigenvalue weighted by molar-refractivity contribution is 0.0829. The minimum absolute atomic E-state index is 0.0482. The number of nitrogens with one attached hydrogen (secondary N) is 3. The third kappa shape index (κ3) is 10.3. The fourth-order valence-electron chi connectivity index (χ4n) is 5.28. The van der Waals surface area contributed by atoms with E-state index in [9.17, 15) is 23.1 Å². The number of amides is 2. The Bertz CT molecular complexity index is 1840. The normalized spacial score (nSPS) is 13.1. The molecule has 4 aromatic rings. The standard InChI is InChI=1S/C37H44N4O7S/c1-25(27-13-7-6-8-14-27)39-36(43)29-19-30(21-31(20-29)41(2)49(5,45)46)37(44)40-33(22-28-15-9-10-17-35(28)48-4)34(42)24-38-23-26-12-11-16-32(18-26)47-3/h6-21,25,33-34,38,42H,22-24H2,1-5H3,(H,39,43)(H,40,44). The number of aliphatic hydroxyl groups excluding tert-OH is 1. The van der Waals surface area contributed by atoms with Crippen molar-refractivity contribution in [1.82, 2.24) is 16.0 Å². The molecule has 2 amide bonds. The number of hydrogen-bond acceptors (Lipinski definition) is 8. The van der Waals surface area contributed by atoms with Crippen molar-refractivity contribution in [2.75, 3.05) is 38.4 Å². The molecular formula is C37H44N4O7S. The molecule has 0 heterocycles. The van der Waals surface area contributed by atoms with Crippen molar-refractivity contribution in [2.45, 2.75) is 38.1 Å². The van der Waals surface area contributed by atoms with Crippen LogP contribution < -0.4 is 29.7 Å². The number of hydrogen-bond donors (Lipinski definition) is 4. The maximum atomic E-state index is 13.9. The van der Waals surface area contributed by atoms with E-state index < -0.39 is 34.0 Å². The predicted octanol–water partition coefficient (Wildman–Crippen LogP) is 4.08. The van der Waals surface area contributed by atoms with Gasteiger partial charge in [0.25, 0.3) is 11.8 Å². The highest BCUT2D eigenvalue weighted by atomic mass is 32.2. The Labute approximate surface area is 288 Å². The van der Waals surface area contributed by atoms with Crippen LogP contribution in [0.5, 0.6) is 11.5 Å². The van der Waals surface area contributed by atoms with Gasteiger partial charge >= 0.3 is 0 Å². The Hall–Kier alpha value is -4.91. The number of benzene rings is 4. The Kier molecular flexibility index (Phi) is 12.8. The third-order valence-electron chi connectivity index (χ3n) is 8.18. The molecule has 4 N–H and O–H groups in total. The number of anilines is 1. The van der Waals surface area contributed by atoms with Crippen LogP contribution in [0, 0.1) is 0 Å². The van der Waals surface area contributed by atoms with Gasteiger partial charge in [-0.15, -0.1) is 0 Å². The number of carbonyl (C=O) groups excluding carboxylic acids is 2. The first-order valence-electron chi connectivity index (χ1n) is 15.8. The van der Waals surface area contributed by atoms with E-state index in [1.165, 1.54) is 25.2 Å². The number of aliphatic hydroxyl groups is 1. The first-order chi connectivity index (χ1) is 23.4. The molecule has 3 unspecified atom stereocenters. The molecule has 0 saturated carbocycles. The highest BCUT2D eigenvalue weighted by Gasteiger charge is 2.26. The summed E-state index contributed by atoms with van der Waals surface area (Å²) >= 11 is 0. The van der Waals surface area contributed by atoms with Crippen LogP contribution in [0.2, 0.25) is 0 Å². The second-order valence-corrected chi connectivity index (χ2v) is 13.8. The Morgan fingerprint density at radius 3 is 2.14 bits per heavy atom. The van der Waals surface area contributed by atoms with Gasteiger partial charge in [0, 0.05) is 31.3 Å². The van der Waals surface area contributed by atoms with Gasteiger partial charge in [0.1, 0.15) is 11.5 Å². The van der Waals surface area contributed by atoms with Crippen molar-refractivity contribution in [3.05, 3.63) is 125 Å². The molecular weight excluding hydrogens is 644 g/mol. The third-order valence-corrected chi connectivity index (χ3v) is 9.39. The largest absolute Gasteiger partial charge is 0.497 e. The van der Waals surface area contributed by atoms with E-state index in [1.54, 1.807) is 20.3 Å². The zero-order chi connectivity index (χ0) is 35.6. The summed E-state index contributed by atoms with van der Waals surface area (Å²) in [7, 11) is 0.764. The van der Waals surface area contributed by atoms with Gasteiger partial charge in [-0.05, 0) is 66.4 Å². The summed E-state index contributed by atoms with van der Waals surface area (Å²) in [5, 5.41) is 20.5. The lowest BCUT2D eigenvalue weighted by Crippen LogP contribution is -2.48. The molecule has 11 nitrogen and oxygen atoms in total. The summed E-state index contributed by atoms with van der Waals surface area (Å²) < 4.78 is 36.8. The Morgan fingerprint density at radius 2 is 1.49 bits per heavy atom. The summed E-state index contributed by atoms with van der Waals surface area (Å²) in [5.41, 5.74) is 2.88. The molecule has 0 aliphatic rings. The summed E-state index contributed by atoms with van der Waals surface area (Å²) in [6, 6.07) is 27.3. The zero-order valence-corrected chi connectivity index (χ0v) is 29.2. The average Bonchev–Trinajstić information content (AvgIpc) is 3.10. The average molecular weight is 689 g/mol. The fourth-order valence-corrected chi connectivity index (χ4v) is 5.77. The van der Waals surface area contributed by atoms with Gasteiger partial charge < -0.3 is 30.5 Å². The molecule has 49 heavy (non-hydrogen) atoms. The van der Waals surface area contributed by atoms with Crippen LogP contribution in [0.4, 0.5) is 5.69 Å². The molecule has 3 atom stereocenters. The maximum absolute atomic E-state index is 13.9. The van der Waals surface area contributed by atoms with Gasteiger partial charge in [-0.3, -0.25) is 13.9 Å². The molecule has 0 fully saturated rings. The molecule has 4 aromatic carbocycles. The quantitative estimate of drug-likeness (QED) is 0.138. The Balaban J connectivity index is 1.61. The highest BCUT2D eigenvalue weighted by molar-refractivity contribution is 7.92. The van der Waals surface area contributed by atoms with E-state index >= 15 is 0 Å². The van der Waals surface area contributed by atoms with Gasteiger partial charge in [0.15, 0.2) is 0 Å². The summed E-state index contributed by atoms with van der Waals surface area (Å²) in [5.74, 6) is 0.233. The smallest absolute Gasteiger partial charge is 0.251 e. The molecule has 0 radical (unpaired) electrons. The number of sulfonamides is 1. The molecule has 0 spiro atoms. The van der Waals surface area contributed by atoms with E-state index in [1.807, 2.05) is 79.7 Å². The molecule has 0 bridgehead atoms. The second-order valence-electron chi connectivity index (χ2n) is 11.8. The van der Waals surface area contributed by atoms with Crippen LogP contribution in [0.1, 0.15) is 50.4 Å². The molecule has 260 valence electrons. The van der Waals surface area contributed by atoms with Crippen LogP contribution in [0.3, 0.4) is 0 Å². The van der Waals surface area contributed by atoms with Crippen LogP contribution >= 0.6 is 0 Å². The number of methoxy groups -OCH3 is 2. The molecule has 0 aromatic heterocycles. The lowest BCUT2D eigenvalue weighted by atomic mass is 9.99. The van der Waals surface area contributed by atoms with Crippen molar-refractivity contribution < 1.29 is 32.6 Å². The second kappa shape index (κ2) is 17.0. The summed E-state index contributed by atoms with van der Waals surface area (Å²) in [6.45, 7) is 2.42. The monoisotopic (exact) mass is 688 g/mol. The maximum Gasteiger partial charge on any atom is 0.251 e. The van der Waals surface area contributed by atoms with E-state index in [2.05, 4.69) is 16.0 Å². The number of ether oxygens (including phenoxy) is 2. The molecule has 12 heteroatoms. The van der Waals surface area contributed by atoms with E-state index in [0.29, 0.717) is 18.0 Å². The van der Waals surface area contributed by atoms with Crippen LogP contribution in [-0.4, -0.2) is 71.6 Å². The number of rotatable bonds is 16. The number of nitrogens with zero attached hydrogens (tertiary/aromatic N) is 1. The van der Waals surface area contributed by atoms with Crippen LogP contribution in [-0.2, 0) is 23.0 Å². The van der Waals surface area contributed by atoms with E-state index in [0.717, 1.165) is 27.3 Å². The van der Waals surface area contributed by atoms with Gasteiger partial charge in [-0.2, -0.15) is 0 Å². The fraction of sp³-hybridized carbons (Fsp3) is 0.297. The van der Waals surface area contributed by atoms with Crippen molar-refractivity contribution in [2.24, 2.45) is 0 Å². The first-order valence-corrected chi connectivity index (χ1v) is 17.6. The lowest BCUT2D eigenvalue weighted by Gasteiger charge is -2.26. The van der Waals surface area contributed by atoms with Crippen molar-refractivity contribution in [3.63, 3.8) is 0 Å². The van der Waals surface area contributed by atoms with E-state index in [4.69, 9.17) is 9.47 Å². The first kappa shape index (κ1) is 36.9. The minimum Gasteiger partial charge on any atom is -0.497 e. The predicted molar refractivity (Wildman–Crippen MR) is 191 cm³/mol. The van der Waals surface area contributed by atoms with Crippen LogP contribution in [0.25, 0.3) is 0 Å². The van der Waals surface area contributed by atoms with Gasteiger partial charge in [-0.1, -0.05) is 60.7 Å². The topological polar surface area (TPSA) is 146 Å². The van der Waals surface area contributed by atoms with Crippen molar-refractivity contribution in [3.8, 4) is 11.5 Å². The van der Waals surface area contributed by atoms with Crippen molar-refractivity contribution >= 4 is 27.5 Å². The van der Waals surface area contributed by atoms with E-state index in [-0.39, 0.29) is 35.8 Å². The number of carbonyl (C=O) groups is 2. The van der Waals surface area contributed by atoms with Gasteiger partial charge in [-0.25, -0.2) is 8.42 Å². The minimum atomic E-state index is -3.73. The Morgan fingerprint density at radius 1 is 0.837 bits per heavy atom. The van der Waals surface area contributed by atoms with Crippen molar-refractivity contribution in [1.29, 1.82) is 0 Å². The molecule has 0 saturated heterocycles. The summed E-state index contributed by atoms with van der Waals surface area (Å²) in [6.07, 6.45) is 0.216. The molecule has 4 rings (SSSR count). The van der Waals surface area contributed by atoms with Gasteiger partial charge in [0.2, 0.25) is 10.0 Å². The molecule has 0 aliphatic heterocycles.